The Balaban J connectivity index is 2.02. The highest BCUT2D eigenvalue weighted by atomic mass is 32.2. The van der Waals surface area contributed by atoms with Gasteiger partial charge in [-0.2, -0.15) is 0 Å². The lowest BCUT2D eigenvalue weighted by Crippen LogP contribution is -2.66. The Morgan fingerprint density at radius 3 is 2.65 bits per heavy atom. The first-order chi connectivity index (χ1) is 9.33. The average molecular weight is 303 g/mol. The SMILES string of the molecule is CC(C)S(=O)(=O)CCN1CC2CNCCN2C(=O)C1=O. The van der Waals surface area contributed by atoms with Crippen molar-refractivity contribution >= 4 is 21.7 Å². The predicted octanol–water partition coefficient (Wildman–Crippen LogP) is -1.55. The molecule has 7 nitrogen and oxygen atoms in total. The molecule has 0 radical (unpaired) electrons. The van der Waals surface area contributed by atoms with E-state index in [0.29, 0.717) is 26.2 Å². The minimum Gasteiger partial charge on any atom is -0.331 e. The Kier molecular flexibility index (Phi) is 4.33. The van der Waals surface area contributed by atoms with Crippen molar-refractivity contribution in [3.05, 3.63) is 0 Å². The molecule has 2 saturated heterocycles. The van der Waals surface area contributed by atoms with E-state index in [2.05, 4.69) is 5.32 Å². The van der Waals surface area contributed by atoms with Gasteiger partial charge >= 0.3 is 11.8 Å². The van der Waals surface area contributed by atoms with Gasteiger partial charge < -0.3 is 15.1 Å². The molecule has 8 heteroatoms. The lowest BCUT2D eigenvalue weighted by atomic mass is 10.1. The summed E-state index contributed by atoms with van der Waals surface area (Å²) in [4.78, 5) is 26.9. The number of sulfone groups is 1. The Labute approximate surface area is 119 Å². The number of nitrogens with zero attached hydrogens (tertiary/aromatic N) is 2. The molecule has 2 amide bonds. The third-order valence-electron chi connectivity index (χ3n) is 3.88. The molecule has 0 bridgehead atoms. The van der Waals surface area contributed by atoms with Gasteiger partial charge in [0.1, 0.15) is 0 Å². The fourth-order valence-corrected chi connectivity index (χ4v) is 3.40. The van der Waals surface area contributed by atoms with Gasteiger partial charge in [0.2, 0.25) is 0 Å². The summed E-state index contributed by atoms with van der Waals surface area (Å²) >= 11 is 0. The quantitative estimate of drug-likeness (QED) is 0.636. The van der Waals surface area contributed by atoms with Gasteiger partial charge in [-0.3, -0.25) is 9.59 Å². The fraction of sp³-hybridized carbons (Fsp3) is 0.833. The van der Waals surface area contributed by atoms with E-state index in [0.717, 1.165) is 0 Å². The van der Waals surface area contributed by atoms with E-state index in [1.54, 1.807) is 18.7 Å². The van der Waals surface area contributed by atoms with Crippen LogP contribution in [0.3, 0.4) is 0 Å². The molecule has 0 aromatic carbocycles. The average Bonchev–Trinajstić information content (AvgIpc) is 2.41. The highest BCUT2D eigenvalue weighted by Crippen LogP contribution is 2.14. The fourth-order valence-electron chi connectivity index (χ4n) is 2.45. The summed E-state index contributed by atoms with van der Waals surface area (Å²) in [5, 5.41) is 2.71. The van der Waals surface area contributed by atoms with Crippen LogP contribution >= 0.6 is 0 Å². The van der Waals surface area contributed by atoms with E-state index >= 15 is 0 Å². The van der Waals surface area contributed by atoms with Crippen molar-refractivity contribution in [2.24, 2.45) is 0 Å². The van der Waals surface area contributed by atoms with Gasteiger partial charge in [0, 0.05) is 32.7 Å². The van der Waals surface area contributed by atoms with E-state index in [1.807, 2.05) is 0 Å². The summed E-state index contributed by atoms with van der Waals surface area (Å²) in [7, 11) is -3.20. The molecule has 114 valence electrons. The molecule has 20 heavy (non-hydrogen) atoms. The molecule has 2 rings (SSSR count). The lowest BCUT2D eigenvalue weighted by Gasteiger charge is -2.43. The summed E-state index contributed by atoms with van der Waals surface area (Å²) in [6.07, 6.45) is 0. The third kappa shape index (κ3) is 2.95. The largest absolute Gasteiger partial charge is 0.331 e. The van der Waals surface area contributed by atoms with E-state index in [9.17, 15) is 18.0 Å². The molecule has 1 atom stereocenters. The molecule has 2 fully saturated rings. The van der Waals surface area contributed by atoms with Crippen LogP contribution in [-0.4, -0.2) is 79.8 Å². The standard InChI is InChI=1S/C12H21N3O4S/c1-9(2)20(18,19)6-5-14-8-10-7-13-3-4-15(10)12(17)11(14)16/h9-10,13H,3-8H2,1-2H3. The van der Waals surface area contributed by atoms with Crippen LogP contribution in [0.15, 0.2) is 0 Å². The zero-order valence-electron chi connectivity index (χ0n) is 11.8. The van der Waals surface area contributed by atoms with Gasteiger partial charge in [-0.25, -0.2) is 8.42 Å². The number of piperazine rings is 2. The minimum atomic E-state index is -3.20. The Morgan fingerprint density at radius 2 is 2.00 bits per heavy atom. The second-order valence-electron chi connectivity index (χ2n) is 5.52. The zero-order chi connectivity index (χ0) is 14.9. The molecule has 1 N–H and O–H groups in total. The van der Waals surface area contributed by atoms with E-state index < -0.39 is 26.9 Å². The number of carbonyl (C=O) groups excluding carboxylic acids is 2. The topological polar surface area (TPSA) is 86.8 Å². The van der Waals surface area contributed by atoms with Crippen molar-refractivity contribution in [1.82, 2.24) is 15.1 Å². The molecule has 2 heterocycles. The second kappa shape index (κ2) is 5.69. The van der Waals surface area contributed by atoms with Crippen molar-refractivity contribution in [1.29, 1.82) is 0 Å². The van der Waals surface area contributed by atoms with E-state index in [-0.39, 0.29) is 18.3 Å². The number of nitrogens with one attached hydrogen (secondary N) is 1. The Morgan fingerprint density at radius 1 is 1.30 bits per heavy atom. The third-order valence-corrected chi connectivity index (χ3v) is 6.06. The second-order valence-corrected chi connectivity index (χ2v) is 8.20. The number of rotatable bonds is 4. The van der Waals surface area contributed by atoms with Gasteiger partial charge in [0.15, 0.2) is 9.84 Å². The maximum absolute atomic E-state index is 12.0. The molecule has 0 aliphatic carbocycles. The van der Waals surface area contributed by atoms with Gasteiger partial charge in [0.05, 0.1) is 17.0 Å². The van der Waals surface area contributed by atoms with E-state index in [1.165, 1.54) is 4.90 Å². The van der Waals surface area contributed by atoms with Gasteiger partial charge in [-0.1, -0.05) is 0 Å². The maximum atomic E-state index is 12.0. The van der Waals surface area contributed by atoms with Crippen molar-refractivity contribution in [2.75, 3.05) is 38.5 Å². The monoisotopic (exact) mass is 303 g/mol. The first-order valence-electron chi connectivity index (χ1n) is 6.85. The van der Waals surface area contributed by atoms with Crippen LogP contribution in [0.1, 0.15) is 13.8 Å². The summed E-state index contributed by atoms with van der Waals surface area (Å²) in [6.45, 7) is 5.61. The van der Waals surface area contributed by atoms with Crippen LogP contribution in [0.4, 0.5) is 0 Å². The lowest BCUT2D eigenvalue weighted by molar-refractivity contribution is -0.159. The van der Waals surface area contributed by atoms with Gasteiger partial charge in [0.25, 0.3) is 0 Å². The van der Waals surface area contributed by atoms with Crippen LogP contribution < -0.4 is 5.32 Å². The summed E-state index contributed by atoms with van der Waals surface area (Å²) < 4.78 is 23.6. The summed E-state index contributed by atoms with van der Waals surface area (Å²) in [5.41, 5.74) is 0. The number of fused-ring (bicyclic) bond motifs is 1. The van der Waals surface area contributed by atoms with Crippen molar-refractivity contribution < 1.29 is 18.0 Å². The molecule has 1 unspecified atom stereocenters. The van der Waals surface area contributed by atoms with Crippen molar-refractivity contribution in [3.8, 4) is 0 Å². The maximum Gasteiger partial charge on any atom is 0.312 e. The van der Waals surface area contributed by atoms with Crippen LogP contribution in [0.2, 0.25) is 0 Å². The van der Waals surface area contributed by atoms with Crippen LogP contribution in [-0.2, 0) is 19.4 Å². The first kappa shape index (κ1) is 15.2. The smallest absolute Gasteiger partial charge is 0.312 e. The molecular formula is C12H21N3O4S. The number of hydrogen-bond donors (Lipinski definition) is 1. The summed E-state index contributed by atoms with van der Waals surface area (Å²) in [6, 6.07) is -0.0456. The van der Waals surface area contributed by atoms with Gasteiger partial charge in [-0.15, -0.1) is 0 Å². The first-order valence-corrected chi connectivity index (χ1v) is 8.56. The molecular weight excluding hydrogens is 282 g/mol. The highest BCUT2D eigenvalue weighted by molar-refractivity contribution is 7.92. The molecule has 0 aromatic heterocycles. The number of carbonyl (C=O) groups is 2. The molecule has 0 spiro atoms. The normalized spacial score (nSPS) is 24.2. The highest BCUT2D eigenvalue weighted by Gasteiger charge is 2.40. The van der Waals surface area contributed by atoms with E-state index in [4.69, 9.17) is 0 Å². The van der Waals surface area contributed by atoms with Gasteiger partial charge in [-0.05, 0) is 13.8 Å². The van der Waals surface area contributed by atoms with Crippen LogP contribution in [0.5, 0.6) is 0 Å². The minimum absolute atomic E-state index is 0.0456. The molecule has 2 aliphatic rings. The predicted molar refractivity (Wildman–Crippen MR) is 73.9 cm³/mol. The Hall–Kier alpha value is -1.15. The van der Waals surface area contributed by atoms with Crippen LogP contribution in [0.25, 0.3) is 0 Å². The number of amides is 2. The molecule has 2 aliphatic heterocycles. The zero-order valence-corrected chi connectivity index (χ0v) is 12.6. The number of hydrogen-bond acceptors (Lipinski definition) is 5. The Bertz CT molecular complexity index is 503. The molecule has 0 aromatic rings. The van der Waals surface area contributed by atoms with Crippen molar-refractivity contribution in [3.63, 3.8) is 0 Å². The summed E-state index contributed by atoms with van der Waals surface area (Å²) in [5.74, 6) is -1.18. The van der Waals surface area contributed by atoms with Crippen molar-refractivity contribution in [2.45, 2.75) is 25.1 Å². The molecule has 0 saturated carbocycles. The van der Waals surface area contributed by atoms with Crippen LogP contribution in [0, 0.1) is 0 Å².